The van der Waals surface area contributed by atoms with Crippen molar-refractivity contribution in [1.29, 1.82) is 0 Å². The molecular weight excluding hydrogens is 200 g/mol. The molecule has 0 saturated heterocycles. The summed E-state index contributed by atoms with van der Waals surface area (Å²) >= 11 is 0. The first-order valence-corrected chi connectivity index (χ1v) is 4.82. The van der Waals surface area contributed by atoms with Gasteiger partial charge < -0.3 is 0 Å². The van der Waals surface area contributed by atoms with Crippen molar-refractivity contribution in [2.45, 2.75) is 25.4 Å². The van der Waals surface area contributed by atoms with Gasteiger partial charge in [0.05, 0.1) is 6.04 Å². The number of hydrogen-bond donors (Lipinski definition) is 0. The second-order valence-corrected chi connectivity index (χ2v) is 3.58. The Morgan fingerprint density at radius 2 is 2.13 bits per heavy atom. The van der Waals surface area contributed by atoms with E-state index in [2.05, 4.69) is 0 Å². The number of aryl methyl sites for hydroxylation is 1. The van der Waals surface area contributed by atoms with Crippen LogP contribution in [0.25, 0.3) is 0 Å². The van der Waals surface area contributed by atoms with Gasteiger partial charge >= 0.3 is 6.55 Å². The molecule has 15 heavy (non-hydrogen) atoms. The van der Waals surface area contributed by atoms with Gasteiger partial charge in [0.2, 0.25) is 6.41 Å². The summed E-state index contributed by atoms with van der Waals surface area (Å²) in [5, 5.41) is 0. The van der Waals surface area contributed by atoms with Gasteiger partial charge in [-0.05, 0) is 24.0 Å². The number of alkyl halides is 2. The molecule has 1 atom stereocenters. The molecule has 2 nitrogen and oxygen atoms in total. The largest absolute Gasteiger partial charge is 0.317 e. The van der Waals surface area contributed by atoms with Crippen molar-refractivity contribution < 1.29 is 13.6 Å². The number of halogens is 2. The topological polar surface area (TPSA) is 20.3 Å². The first-order valence-electron chi connectivity index (χ1n) is 4.82. The van der Waals surface area contributed by atoms with Crippen LogP contribution in [0.4, 0.5) is 8.78 Å². The highest BCUT2D eigenvalue weighted by Gasteiger charge is 2.31. The van der Waals surface area contributed by atoms with Crippen LogP contribution in [0.3, 0.4) is 0 Å². The molecule has 1 amide bonds. The van der Waals surface area contributed by atoms with Crippen LogP contribution >= 0.6 is 0 Å². The molecule has 0 N–H and O–H groups in total. The summed E-state index contributed by atoms with van der Waals surface area (Å²) in [6, 6.07) is 6.97. The van der Waals surface area contributed by atoms with Crippen LogP contribution in [0.1, 0.15) is 23.6 Å². The van der Waals surface area contributed by atoms with Crippen LogP contribution in [-0.2, 0) is 11.2 Å². The molecule has 0 bridgehead atoms. The number of benzene rings is 1. The fourth-order valence-electron chi connectivity index (χ4n) is 2.10. The Morgan fingerprint density at radius 3 is 2.80 bits per heavy atom. The Kier molecular flexibility index (Phi) is 2.66. The Hall–Kier alpha value is -1.45. The van der Waals surface area contributed by atoms with Crippen molar-refractivity contribution in [3.8, 4) is 0 Å². The molecule has 0 aliphatic heterocycles. The Labute approximate surface area is 86.5 Å². The highest BCUT2D eigenvalue weighted by molar-refractivity contribution is 5.50. The standard InChI is InChI=1S/C11H11F2NO/c12-11(13)14(7-15)10-6-5-8-3-1-2-4-9(8)10/h1-4,7,10-11H,5-6H2. The van der Waals surface area contributed by atoms with Gasteiger partial charge in [0.1, 0.15) is 0 Å². The summed E-state index contributed by atoms with van der Waals surface area (Å²) in [6.45, 7) is -2.72. The quantitative estimate of drug-likeness (QED) is 0.555. The Bertz CT molecular complexity index is 367. The van der Waals surface area contributed by atoms with E-state index < -0.39 is 12.6 Å². The first kappa shape index (κ1) is 10.1. The number of hydrogen-bond acceptors (Lipinski definition) is 1. The van der Waals surface area contributed by atoms with Gasteiger partial charge in [0, 0.05) is 0 Å². The van der Waals surface area contributed by atoms with E-state index in [-0.39, 0.29) is 6.41 Å². The molecule has 0 radical (unpaired) electrons. The van der Waals surface area contributed by atoms with E-state index in [0.717, 1.165) is 17.5 Å². The fourth-order valence-corrected chi connectivity index (χ4v) is 2.10. The van der Waals surface area contributed by atoms with Crippen LogP contribution < -0.4 is 0 Å². The van der Waals surface area contributed by atoms with E-state index in [1.807, 2.05) is 24.3 Å². The van der Waals surface area contributed by atoms with E-state index in [4.69, 9.17) is 0 Å². The highest BCUT2D eigenvalue weighted by Crippen LogP contribution is 2.36. The molecule has 0 spiro atoms. The molecule has 0 saturated carbocycles. The molecule has 4 heteroatoms. The third kappa shape index (κ3) is 1.71. The maximum Gasteiger partial charge on any atom is 0.317 e. The van der Waals surface area contributed by atoms with Crippen molar-refractivity contribution in [3.05, 3.63) is 35.4 Å². The second kappa shape index (κ2) is 3.96. The maximum absolute atomic E-state index is 12.5. The van der Waals surface area contributed by atoms with Gasteiger partial charge in [0.25, 0.3) is 0 Å². The van der Waals surface area contributed by atoms with Gasteiger partial charge in [-0.3, -0.25) is 9.69 Å². The number of fused-ring (bicyclic) bond motifs is 1. The Morgan fingerprint density at radius 1 is 1.40 bits per heavy atom. The highest BCUT2D eigenvalue weighted by atomic mass is 19.3. The number of amides is 1. The molecule has 1 aromatic rings. The zero-order valence-corrected chi connectivity index (χ0v) is 8.07. The van der Waals surface area contributed by atoms with Crippen LogP contribution in [0.15, 0.2) is 24.3 Å². The summed E-state index contributed by atoms with van der Waals surface area (Å²) in [5.74, 6) is 0. The van der Waals surface area contributed by atoms with Crippen molar-refractivity contribution >= 4 is 6.41 Å². The van der Waals surface area contributed by atoms with Gasteiger partial charge in [-0.1, -0.05) is 24.3 Å². The molecular formula is C11H11F2NO. The zero-order valence-electron chi connectivity index (χ0n) is 8.07. The van der Waals surface area contributed by atoms with Gasteiger partial charge in [-0.2, -0.15) is 8.78 Å². The van der Waals surface area contributed by atoms with Crippen LogP contribution in [0.5, 0.6) is 0 Å². The van der Waals surface area contributed by atoms with Crippen molar-refractivity contribution in [2.75, 3.05) is 0 Å². The maximum atomic E-state index is 12.5. The second-order valence-electron chi connectivity index (χ2n) is 3.58. The normalized spacial score (nSPS) is 19.0. The lowest BCUT2D eigenvalue weighted by Crippen LogP contribution is -2.30. The molecule has 0 fully saturated rings. The summed E-state index contributed by atoms with van der Waals surface area (Å²) in [6.07, 6.45) is 1.58. The van der Waals surface area contributed by atoms with Crippen molar-refractivity contribution in [1.82, 2.24) is 4.90 Å². The van der Waals surface area contributed by atoms with Crippen molar-refractivity contribution in [3.63, 3.8) is 0 Å². The predicted octanol–water partition coefficient (Wildman–Crippen LogP) is 2.35. The fraction of sp³-hybridized carbons (Fsp3) is 0.364. The molecule has 80 valence electrons. The monoisotopic (exact) mass is 211 g/mol. The predicted molar refractivity (Wildman–Crippen MR) is 51.4 cm³/mol. The number of carbonyl (C=O) groups is 1. The minimum Gasteiger partial charge on any atom is -0.282 e. The molecule has 1 unspecified atom stereocenters. The molecule has 0 heterocycles. The molecule has 2 rings (SSSR count). The molecule has 1 aliphatic carbocycles. The average Bonchev–Trinajstić information content (AvgIpc) is 2.63. The third-order valence-corrected chi connectivity index (χ3v) is 2.81. The summed E-state index contributed by atoms with van der Waals surface area (Å²) in [4.78, 5) is 11.2. The summed E-state index contributed by atoms with van der Waals surface area (Å²) < 4.78 is 25.1. The molecule has 1 aliphatic rings. The van der Waals surface area contributed by atoms with E-state index >= 15 is 0 Å². The third-order valence-electron chi connectivity index (χ3n) is 2.81. The molecule has 0 aromatic heterocycles. The van der Waals surface area contributed by atoms with Gasteiger partial charge in [-0.15, -0.1) is 0 Å². The smallest absolute Gasteiger partial charge is 0.282 e. The van der Waals surface area contributed by atoms with E-state index in [0.29, 0.717) is 11.3 Å². The lowest BCUT2D eigenvalue weighted by Gasteiger charge is -2.24. The van der Waals surface area contributed by atoms with Gasteiger partial charge in [0.15, 0.2) is 0 Å². The number of carbonyl (C=O) groups excluding carboxylic acids is 1. The van der Waals surface area contributed by atoms with Crippen molar-refractivity contribution in [2.24, 2.45) is 0 Å². The number of rotatable bonds is 3. The SMILES string of the molecule is O=CN(C(F)F)C1CCc2ccccc21. The lowest BCUT2D eigenvalue weighted by atomic mass is 10.1. The minimum absolute atomic E-state index is 0.234. The number of nitrogens with zero attached hydrogens (tertiary/aromatic N) is 1. The van der Waals surface area contributed by atoms with Crippen LogP contribution in [-0.4, -0.2) is 17.9 Å². The zero-order chi connectivity index (χ0) is 10.8. The summed E-state index contributed by atoms with van der Waals surface area (Å²) in [7, 11) is 0. The van der Waals surface area contributed by atoms with E-state index in [1.165, 1.54) is 0 Å². The van der Waals surface area contributed by atoms with E-state index in [9.17, 15) is 13.6 Å². The lowest BCUT2D eigenvalue weighted by molar-refractivity contribution is -0.136. The van der Waals surface area contributed by atoms with Crippen LogP contribution in [0, 0.1) is 0 Å². The van der Waals surface area contributed by atoms with Crippen LogP contribution in [0.2, 0.25) is 0 Å². The minimum atomic E-state index is -2.72. The molecule has 1 aromatic carbocycles. The van der Waals surface area contributed by atoms with Gasteiger partial charge in [-0.25, -0.2) is 0 Å². The average molecular weight is 211 g/mol. The Balaban J connectivity index is 2.30. The first-order chi connectivity index (χ1) is 7.24. The van der Waals surface area contributed by atoms with E-state index in [1.54, 1.807) is 0 Å². The summed E-state index contributed by atoms with van der Waals surface area (Å²) in [5.41, 5.74) is 1.92.